The molecule has 1 unspecified atom stereocenters. The van der Waals surface area contributed by atoms with Crippen molar-refractivity contribution in [3.8, 4) is 11.5 Å². The maximum Gasteiger partial charge on any atom is 0.161 e. The minimum atomic E-state index is 0.349. The zero-order valence-corrected chi connectivity index (χ0v) is 11.8. The van der Waals surface area contributed by atoms with Gasteiger partial charge in [-0.25, -0.2) is 0 Å². The number of nitrogens with zero attached hydrogens (tertiary/aromatic N) is 1. The van der Waals surface area contributed by atoms with Crippen molar-refractivity contribution in [3.05, 3.63) is 23.8 Å². The molecule has 0 aliphatic rings. The Balaban J connectivity index is 2.53. The first-order chi connectivity index (χ1) is 8.58. The van der Waals surface area contributed by atoms with E-state index in [1.807, 2.05) is 39.2 Å². The summed E-state index contributed by atoms with van der Waals surface area (Å²) in [5.74, 6) is 1.57. The van der Waals surface area contributed by atoms with Crippen LogP contribution in [0.3, 0.4) is 0 Å². The van der Waals surface area contributed by atoms with E-state index in [2.05, 4.69) is 4.90 Å². The van der Waals surface area contributed by atoms with E-state index >= 15 is 0 Å². The van der Waals surface area contributed by atoms with Gasteiger partial charge in [0.05, 0.1) is 13.7 Å². The molecule has 0 aromatic heterocycles. The summed E-state index contributed by atoms with van der Waals surface area (Å²) in [6.45, 7) is 3.31. The summed E-state index contributed by atoms with van der Waals surface area (Å²) in [4.78, 5) is 2.12. The van der Waals surface area contributed by atoms with E-state index < -0.39 is 0 Å². The Bertz CT molecular complexity index is 367. The highest BCUT2D eigenvalue weighted by atomic mass is 16.5. The zero-order valence-electron chi connectivity index (χ0n) is 11.8. The molecule has 1 atom stereocenters. The Morgan fingerprint density at radius 3 is 2.56 bits per heavy atom. The molecular formula is C14H24N2O2. The van der Waals surface area contributed by atoms with Crippen LogP contribution in [-0.2, 0) is 0 Å². The molecule has 1 rings (SSSR count). The average Bonchev–Trinajstić information content (AvgIpc) is 2.35. The van der Waals surface area contributed by atoms with Crippen LogP contribution in [0.25, 0.3) is 0 Å². The van der Waals surface area contributed by atoms with Crippen LogP contribution in [0.15, 0.2) is 18.2 Å². The van der Waals surface area contributed by atoms with Crippen molar-refractivity contribution in [1.29, 1.82) is 0 Å². The van der Waals surface area contributed by atoms with Gasteiger partial charge in [-0.2, -0.15) is 0 Å². The number of benzene rings is 1. The lowest BCUT2D eigenvalue weighted by Gasteiger charge is -2.22. The Morgan fingerprint density at radius 1 is 1.28 bits per heavy atom. The number of hydrogen-bond acceptors (Lipinski definition) is 4. The van der Waals surface area contributed by atoms with Crippen LogP contribution in [0.4, 0.5) is 0 Å². The van der Waals surface area contributed by atoms with Gasteiger partial charge >= 0.3 is 0 Å². The van der Waals surface area contributed by atoms with Crippen LogP contribution in [0.2, 0.25) is 0 Å². The summed E-state index contributed by atoms with van der Waals surface area (Å²) >= 11 is 0. The number of rotatable bonds is 7. The maximum atomic E-state index is 5.76. The molecule has 0 spiro atoms. The van der Waals surface area contributed by atoms with Gasteiger partial charge in [0.25, 0.3) is 0 Å². The maximum absolute atomic E-state index is 5.76. The number of nitrogens with two attached hydrogens (primary N) is 1. The topological polar surface area (TPSA) is 47.7 Å². The first-order valence-electron chi connectivity index (χ1n) is 6.22. The Morgan fingerprint density at radius 2 is 2.00 bits per heavy atom. The molecule has 0 fully saturated rings. The van der Waals surface area contributed by atoms with Gasteiger partial charge in [0.1, 0.15) is 0 Å². The van der Waals surface area contributed by atoms with Gasteiger partial charge in [-0.3, -0.25) is 0 Å². The largest absolute Gasteiger partial charge is 0.493 e. The lowest BCUT2D eigenvalue weighted by atomic mass is 10.2. The Kier molecular flexibility index (Phi) is 5.95. The highest BCUT2D eigenvalue weighted by Gasteiger charge is 2.10. The quantitative estimate of drug-likeness (QED) is 0.802. The number of methoxy groups -OCH3 is 1. The van der Waals surface area contributed by atoms with Crippen LogP contribution in [-0.4, -0.2) is 45.3 Å². The third-order valence-electron chi connectivity index (χ3n) is 3.03. The molecule has 0 radical (unpaired) electrons. The monoisotopic (exact) mass is 252 g/mol. The van der Waals surface area contributed by atoms with Crippen LogP contribution in [0.5, 0.6) is 11.5 Å². The molecule has 0 aliphatic carbocycles. The summed E-state index contributed by atoms with van der Waals surface area (Å²) < 4.78 is 11.1. The van der Waals surface area contributed by atoms with E-state index in [0.717, 1.165) is 23.5 Å². The fourth-order valence-electron chi connectivity index (χ4n) is 1.79. The molecule has 4 heteroatoms. The van der Waals surface area contributed by atoms with Crippen LogP contribution in [0, 0.1) is 6.92 Å². The van der Waals surface area contributed by atoms with E-state index in [1.54, 1.807) is 7.11 Å². The fourth-order valence-corrected chi connectivity index (χ4v) is 1.79. The molecule has 0 aliphatic heterocycles. The number of aryl methyl sites for hydroxylation is 1. The first-order valence-corrected chi connectivity index (χ1v) is 6.22. The highest BCUT2D eigenvalue weighted by Crippen LogP contribution is 2.27. The normalized spacial score (nSPS) is 12.6. The summed E-state index contributed by atoms with van der Waals surface area (Å²) in [6, 6.07) is 6.29. The average molecular weight is 252 g/mol. The zero-order chi connectivity index (χ0) is 13.5. The third kappa shape index (κ3) is 4.20. The number of hydrogen-bond donors (Lipinski definition) is 1. The van der Waals surface area contributed by atoms with Gasteiger partial charge in [-0.15, -0.1) is 0 Å². The van der Waals surface area contributed by atoms with Crippen molar-refractivity contribution in [3.63, 3.8) is 0 Å². The van der Waals surface area contributed by atoms with Crippen molar-refractivity contribution < 1.29 is 9.47 Å². The van der Waals surface area contributed by atoms with E-state index in [-0.39, 0.29) is 0 Å². The standard InChI is InChI=1S/C14H24N2O2/c1-11-5-6-13(14(9-11)17-4)18-8-7-12(10-15)16(2)3/h5-6,9,12H,7-8,10,15H2,1-4H3. The Hall–Kier alpha value is -1.26. The molecule has 1 aromatic rings. The van der Waals surface area contributed by atoms with Crippen molar-refractivity contribution >= 4 is 0 Å². The van der Waals surface area contributed by atoms with Gasteiger partial charge in [0, 0.05) is 12.6 Å². The molecule has 18 heavy (non-hydrogen) atoms. The van der Waals surface area contributed by atoms with E-state index in [1.165, 1.54) is 0 Å². The summed E-state index contributed by atoms with van der Waals surface area (Å²) in [6.07, 6.45) is 0.903. The summed E-state index contributed by atoms with van der Waals surface area (Å²) in [5, 5.41) is 0. The van der Waals surface area contributed by atoms with E-state index in [4.69, 9.17) is 15.2 Å². The van der Waals surface area contributed by atoms with Gasteiger partial charge in [0.15, 0.2) is 11.5 Å². The molecule has 0 amide bonds. The predicted octanol–water partition coefficient (Wildman–Crippen LogP) is 1.66. The van der Waals surface area contributed by atoms with Crippen molar-refractivity contribution in [2.75, 3.05) is 34.4 Å². The van der Waals surface area contributed by atoms with Crippen LogP contribution >= 0.6 is 0 Å². The highest BCUT2D eigenvalue weighted by molar-refractivity contribution is 5.42. The van der Waals surface area contributed by atoms with E-state index in [9.17, 15) is 0 Å². The predicted molar refractivity (Wildman–Crippen MR) is 74.4 cm³/mol. The van der Waals surface area contributed by atoms with Gasteiger partial charge in [0.2, 0.25) is 0 Å². The second-order valence-corrected chi connectivity index (χ2v) is 4.64. The van der Waals surface area contributed by atoms with Gasteiger partial charge in [-0.05, 0) is 45.1 Å². The van der Waals surface area contributed by atoms with Crippen LogP contribution < -0.4 is 15.2 Å². The number of likely N-dealkylation sites (N-methyl/N-ethyl adjacent to an activating group) is 1. The molecule has 4 nitrogen and oxygen atoms in total. The first kappa shape index (κ1) is 14.8. The molecular weight excluding hydrogens is 228 g/mol. The third-order valence-corrected chi connectivity index (χ3v) is 3.03. The molecule has 102 valence electrons. The lowest BCUT2D eigenvalue weighted by molar-refractivity contribution is 0.220. The summed E-state index contributed by atoms with van der Waals surface area (Å²) in [7, 11) is 5.72. The lowest BCUT2D eigenvalue weighted by Crippen LogP contribution is -2.36. The van der Waals surface area contributed by atoms with Crippen molar-refractivity contribution in [1.82, 2.24) is 4.90 Å². The van der Waals surface area contributed by atoms with Crippen molar-refractivity contribution in [2.45, 2.75) is 19.4 Å². The molecule has 0 saturated heterocycles. The minimum Gasteiger partial charge on any atom is -0.493 e. The van der Waals surface area contributed by atoms with Gasteiger partial charge < -0.3 is 20.1 Å². The SMILES string of the molecule is COc1cc(C)ccc1OCCC(CN)N(C)C. The second-order valence-electron chi connectivity index (χ2n) is 4.64. The van der Waals surface area contributed by atoms with Crippen molar-refractivity contribution in [2.24, 2.45) is 5.73 Å². The van der Waals surface area contributed by atoms with Gasteiger partial charge in [-0.1, -0.05) is 6.07 Å². The molecule has 2 N–H and O–H groups in total. The molecule has 0 saturated carbocycles. The smallest absolute Gasteiger partial charge is 0.161 e. The molecule has 1 aromatic carbocycles. The molecule has 0 bridgehead atoms. The van der Waals surface area contributed by atoms with E-state index in [0.29, 0.717) is 19.2 Å². The number of ether oxygens (including phenoxy) is 2. The second kappa shape index (κ2) is 7.24. The van der Waals surface area contributed by atoms with Crippen LogP contribution in [0.1, 0.15) is 12.0 Å². The fraction of sp³-hybridized carbons (Fsp3) is 0.571. The molecule has 0 heterocycles. The summed E-state index contributed by atoms with van der Waals surface area (Å²) in [5.41, 5.74) is 6.87. The minimum absolute atomic E-state index is 0.349. The Labute approximate surface area is 110 Å².